The number of aliphatic imine (C=N–C) groups is 1. The van der Waals surface area contributed by atoms with Gasteiger partial charge in [0, 0.05) is 32.9 Å². The van der Waals surface area contributed by atoms with Crippen molar-refractivity contribution in [2.75, 3.05) is 14.1 Å². The third-order valence-electron chi connectivity index (χ3n) is 4.36. The van der Waals surface area contributed by atoms with Crippen LogP contribution >= 0.6 is 0 Å². The van der Waals surface area contributed by atoms with E-state index in [2.05, 4.69) is 19.9 Å². The zero-order chi connectivity index (χ0) is 17.6. The van der Waals surface area contributed by atoms with Gasteiger partial charge in [-0.2, -0.15) is 4.98 Å². The fourth-order valence-electron chi connectivity index (χ4n) is 3.17. The highest BCUT2D eigenvalue weighted by Crippen LogP contribution is 2.34. The lowest BCUT2D eigenvalue weighted by Crippen LogP contribution is -2.19. The highest BCUT2D eigenvalue weighted by Gasteiger charge is 2.35. The van der Waals surface area contributed by atoms with Crippen LogP contribution in [0.1, 0.15) is 26.0 Å². The lowest BCUT2D eigenvalue weighted by molar-refractivity contribution is -0.0183. The first-order valence-corrected chi connectivity index (χ1v) is 8.32. The molecular weight excluding hydrogens is 322 g/mol. The van der Waals surface area contributed by atoms with Crippen LogP contribution in [0.2, 0.25) is 0 Å². The zero-order valence-corrected chi connectivity index (χ0v) is 14.4. The van der Waals surface area contributed by atoms with Crippen LogP contribution in [-0.2, 0) is 4.74 Å². The summed E-state index contributed by atoms with van der Waals surface area (Å²) in [5, 5.41) is 10.2. The minimum Gasteiger partial charge on any atom is -0.390 e. The molecular formula is C16H21N7O2. The topological polar surface area (TPSA) is 93.1 Å². The van der Waals surface area contributed by atoms with E-state index in [1.807, 2.05) is 41.1 Å². The molecule has 0 bridgehead atoms. The number of hydrogen-bond donors (Lipinski definition) is 1. The van der Waals surface area contributed by atoms with Crippen molar-refractivity contribution in [1.29, 1.82) is 0 Å². The first kappa shape index (κ1) is 16.0. The van der Waals surface area contributed by atoms with Gasteiger partial charge in [-0.25, -0.2) is 15.0 Å². The first-order chi connectivity index (χ1) is 12.1. The standard InChI is InChI=1S/C16H21N7O2/c1-4-11-10(24)7-12(25-11)23-9-18-13-14(19-8-21(2)3)20-16-17-5-6-22(16)15(13)23/h5-6,8-12,24H,4,7H2,1-3H3. The zero-order valence-electron chi connectivity index (χ0n) is 14.4. The third-order valence-corrected chi connectivity index (χ3v) is 4.36. The number of aromatic nitrogens is 5. The van der Waals surface area contributed by atoms with Crippen molar-refractivity contribution in [1.82, 2.24) is 28.8 Å². The Labute approximate surface area is 144 Å². The molecule has 0 aliphatic carbocycles. The predicted octanol–water partition coefficient (Wildman–Crippen LogP) is 1.36. The number of fused-ring (bicyclic) bond motifs is 3. The molecule has 3 aromatic heterocycles. The van der Waals surface area contributed by atoms with E-state index in [0.29, 0.717) is 23.5 Å². The van der Waals surface area contributed by atoms with Crippen LogP contribution in [-0.4, -0.2) is 66.6 Å². The summed E-state index contributed by atoms with van der Waals surface area (Å²) in [4.78, 5) is 19.5. The molecule has 132 valence electrons. The second kappa shape index (κ2) is 6.08. The van der Waals surface area contributed by atoms with E-state index >= 15 is 0 Å². The Hall–Kier alpha value is -2.52. The van der Waals surface area contributed by atoms with Crippen LogP contribution in [0.4, 0.5) is 5.82 Å². The Morgan fingerprint density at radius 3 is 3.00 bits per heavy atom. The first-order valence-electron chi connectivity index (χ1n) is 8.32. The maximum Gasteiger partial charge on any atom is 0.237 e. The van der Waals surface area contributed by atoms with Crippen LogP contribution in [0.25, 0.3) is 16.9 Å². The van der Waals surface area contributed by atoms with Crippen LogP contribution in [0, 0.1) is 0 Å². The SMILES string of the molecule is CCC1OC(n2cnc3c(N=CN(C)C)nc4nccn4c32)CC1O. The largest absolute Gasteiger partial charge is 0.390 e. The van der Waals surface area contributed by atoms with Crippen molar-refractivity contribution in [3.63, 3.8) is 0 Å². The number of aliphatic hydroxyl groups is 1. The van der Waals surface area contributed by atoms with Crippen LogP contribution in [0.5, 0.6) is 0 Å². The van der Waals surface area contributed by atoms with Gasteiger partial charge in [-0.1, -0.05) is 6.92 Å². The quantitative estimate of drug-likeness (QED) is 0.568. The molecule has 3 atom stereocenters. The van der Waals surface area contributed by atoms with Gasteiger partial charge in [0.05, 0.1) is 24.9 Å². The van der Waals surface area contributed by atoms with Crippen molar-refractivity contribution < 1.29 is 9.84 Å². The van der Waals surface area contributed by atoms with Gasteiger partial charge < -0.3 is 14.7 Å². The number of rotatable bonds is 4. The predicted molar refractivity (Wildman–Crippen MR) is 92.9 cm³/mol. The van der Waals surface area contributed by atoms with E-state index in [0.717, 1.165) is 12.1 Å². The minimum atomic E-state index is -0.473. The molecule has 1 N–H and O–H groups in total. The number of ether oxygens (including phenoxy) is 1. The molecule has 3 unspecified atom stereocenters. The molecule has 9 heteroatoms. The smallest absolute Gasteiger partial charge is 0.237 e. The Morgan fingerprint density at radius 2 is 2.28 bits per heavy atom. The Morgan fingerprint density at radius 1 is 1.44 bits per heavy atom. The summed E-state index contributed by atoms with van der Waals surface area (Å²) in [6.07, 6.45) is 7.32. The molecule has 0 spiro atoms. The average Bonchev–Trinajstić information content (AvgIpc) is 3.28. The molecule has 1 aliphatic rings. The van der Waals surface area contributed by atoms with Crippen molar-refractivity contribution in [3.05, 3.63) is 18.7 Å². The third kappa shape index (κ3) is 2.65. The second-order valence-electron chi connectivity index (χ2n) is 6.41. The van der Waals surface area contributed by atoms with Gasteiger partial charge in [-0.15, -0.1) is 0 Å². The van der Waals surface area contributed by atoms with Crippen molar-refractivity contribution >= 4 is 29.1 Å². The molecule has 0 aromatic carbocycles. The fraction of sp³-hybridized carbons (Fsp3) is 0.500. The summed E-state index contributed by atoms with van der Waals surface area (Å²) < 4.78 is 9.81. The van der Waals surface area contributed by atoms with Gasteiger partial charge in [0.25, 0.3) is 0 Å². The van der Waals surface area contributed by atoms with Crippen molar-refractivity contribution in [2.24, 2.45) is 4.99 Å². The Bertz CT molecular complexity index is 929. The molecule has 0 radical (unpaired) electrons. The molecule has 1 aliphatic heterocycles. The van der Waals surface area contributed by atoms with Crippen LogP contribution < -0.4 is 0 Å². The van der Waals surface area contributed by atoms with E-state index in [1.54, 1.807) is 18.9 Å². The summed E-state index contributed by atoms with van der Waals surface area (Å²) in [7, 11) is 3.79. The van der Waals surface area contributed by atoms with Crippen LogP contribution in [0.15, 0.2) is 23.7 Å². The molecule has 0 amide bonds. The molecule has 9 nitrogen and oxygen atoms in total. The van der Waals surface area contributed by atoms with Crippen LogP contribution in [0.3, 0.4) is 0 Å². The van der Waals surface area contributed by atoms with E-state index < -0.39 is 6.10 Å². The highest BCUT2D eigenvalue weighted by atomic mass is 16.5. The van der Waals surface area contributed by atoms with Crippen molar-refractivity contribution in [3.8, 4) is 0 Å². The number of nitrogens with zero attached hydrogens (tertiary/aromatic N) is 7. The lowest BCUT2D eigenvalue weighted by Gasteiger charge is -2.15. The van der Waals surface area contributed by atoms with Gasteiger partial charge in [0.1, 0.15) is 6.23 Å². The Kier molecular flexibility index (Phi) is 3.89. The summed E-state index contributed by atoms with van der Waals surface area (Å²) >= 11 is 0. The van der Waals surface area contributed by atoms with E-state index in [1.165, 1.54) is 0 Å². The van der Waals surface area contributed by atoms with Crippen molar-refractivity contribution in [2.45, 2.75) is 38.2 Å². The van der Waals surface area contributed by atoms with E-state index in [9.17, 15) is 5.11 Å². The number of hydrogen-bond acceptors (Lipinski definition) is 6. The molecule has 3 aromatic rings. The summed E-state index contributed by atoms with van der Waals surface area (Å²) in [5.41, 5.74) is 1.48. The van der Waals surface area contributed by atoms with Gasteiger partial charge in [-0.3, -0.25) is 8.97 Å². The highest BCUT2D eigenvalue weighted by molar-refractivity contribution is 5.85. The van der Waals surface area contributed by atoms with Gasteiger partial charge >= 0.3 is 0 Å². The maximum atomic E-state index is 10.2. The van der Waals surface area contributed by atoms with Gasteiger partial charge in [-0.05, 0) is 6.42 Å². The molecule has 1 saturated heterocycles. The summed E-state index contributed by atoms with van der Waals surface area (Å²) in [6.45, 7) is 2.01. The number of imidazole rings is 2. The van der Waals surface area contributed by atoms with E-state index in [-0.39, 0.29) is 12.3 Å². The molecule has 25 heavy (non-hydrogen) atoms. The lowest BCUT2D eigenvalue weighted by atomic mass is 10.1. The molecule has 4 rings (SSSR count). The summed E-state index contributed by atoms with van der Waals surface area (Å²) in [6, 6.07) is 0. The summed E-state index contributed by atoms with van der Waals surface area (Å²) in [5.74, 6) is 1.05. The Balaban J connectivity index is 1.87. The van der Waals surface area contributed by atoms with Gasteiger partial charge in [0.15, 0.2) is 17.0 Å². The molecule has 1 fully saturated rings. The van der Waals surface area contributed by atoms with Gasteiger partial charge in [0.2, 0.25) is 5.78 Å². The molecule has 4 heterocycles. The van der Waals surface area contributed by atoms with E-state index in [4.69, 9.17) is 4.74 Å². The normalized spacial score (nSPS) is 24.1. The average molecular weight is 343 g/mol. The fourth-order valence-corrected chi connectivity index (χ4v) is 3.17. The number of aliphatic hydroxyl groups excluding tert-OH is 1. The second-order valence-corrected chi connectivity index (χ2v) is 6.41. The molecule has 0 saturated carbocycles. The minimum absolute atomic E-state index is 0.159. The maximum absolute atomic E-state index is 10.2. The monoisotopic (exact) mass is 343 g/mol.